The standard InChI is InChI=1S/C33H21Cl2FN2O4/c34-24-14-11-18(15-25(24)35)31(40)37(16-26(39)17-9-12-19(36)13-10-17)38-32(41)29-27-20-5-1-2-6-21(20)28(30(29)33(38)42)23-8-4-3-7-22(23)27/h1-15,27-30H,16H2/t27?,28?,29-,30-/m0/s1. The third-order valence-electron chi connectivity index (χ3n) is 8.53. The van der Waals surface area contributed by atoms with Crippen LogP contribution in [-0.2, 0) is 9.59 Å². The molecule has 8 rings (SSSR count). The molecule has 0 unspecified atom stereocenters. The number of carbonyl (C=O) groups is 4. The first-order valence-electron chi connectivity index (χ1n) is 13.4. The number of rotatable bonds is 5. The van der Waals surface area contributed by atoms with Gasteiger partial charge in [-0.25, -0.2) is 9.40 Å². The summed E-state index contributed by atoms with van der Waals surface area (Å²) in [7, 11) is 0. The first-order chi connectivity index (χ1) is 20.3. The molecule has 0 radical (unpaired) electrons. The molecule has 1 saturated heterocycles. The minimum Gasteiger partial charge on any atom is -0.292 e. The molecule has 208 valence electrons. The van der Waals surface area contributed by atoms with Crippen molar-refractivity contribution in [3.05, 3.63) is 140 Å². The Morgan fingerprint density at radius 1 is 0.690 bits per heavy atom. The largest absolute Gasteiger partial charge is 0.292 e. The highest BCUT2D eigenvalue weighted by Crippen LogP contribution is 2.61. The van der Waals surface area contributed by atoms with E-state index in [1.165, 1.54) is 30.3 Å². The maximum absolute atomic E-state index is 14.3. The molecule has 1 heterocycles. The summed E-state index contributed by atoms with van der Waals surface area (Å²) in [6.45, 7) is -0.628. The van der Waals surface area contributed by atoms with Crippen LogP contribution >= 0.6 is 23.2 Å². The molecular weight excluding hydrogens is 578 g/mol. The maximum atomic E-state index is 14.3. The number of imide groups is 1. The van der Waals surface area contributed by atoms with E-state index in [2.05, 4.69) is 0 Å². The van der Waals surface area contributed by atoms with Gasteiger partial charge in [-0.1, -0.05) is 71.7 Å². The number of halogens is 3. The molecular formula is C33H21Cl2FN2O4. The molecule has 3 aliphatic carbocycles. The Morgan fingerprint density at radius 2 is 1.17 bits per heavy atom. The van der Waals surface area contributed by atoms with Crippen molar-refractivity contribution in [3.8, 4) is 0 Å². The van der Waals surface area contributed by atoms with E-state index in [1.807, 2.05) is 48.5 Å². The molecule has 3 amide bonds. The SMILES string of the molecule is O=C(CN(C(=O)c1ccc(Cl)c(Cl)c1)N1C(=O)[C@H]2C3c4ccccc4C(c4ccccc43)[C@@H]2C1=O)c1ccc(F)cc1. The average Bonchev–Trinajstić information content (AvgIpc) is 3.27. The lowest BCUT2D eigenvalue weighted by Crippen LogP contribution is -2.52. The summed E-state index contributed by atoms with van der Waals surface area (Å²) in [4.78, 5) is 56.0. The topological polar surface area (TPSA) is 74.8 Å². The second-order valence-electron chi connectivity index (χ2n) is 10.7. The molecule has 0 aromatic heterocycles. The van der Waals surface area contributed by atoms with Crippen LogP contribution in [0.4, 0.5) is 4.39 Å². The molecule has 0 saturated carbocycles. The number of amides is 3. The van der Waals surface area contributed by atoms with Crippen LogP contribution in [0.3, 0.4) is 0 Å². The molecule has 2 atom stereocenters. The molecule has 2 bridgehead atoms. The first kappa shape index (κ1) is 26.6. The third kappa shape index (κ3) is 3.91. The Morgan fingerprint density at radius 3 is 1.64 bits per heavy atom. The van der Waals surface area contributed by atoms with Crippen molar-refractivity contribution in [1.82, 2.24) is 10.0 Å². The molecule has 0 spiro atoms. The Bertz CT molecular complexity index is 1710. The van der Waals surface area contributed by atoms with E-state index in [9.17, 15) is 23.6 Å². The molecule has 1 fully saturated rings. The lowest BCUT2D eigenvalue weighted by atomic mass is 9.55. The van der Waals surface area contributed by atoms with Crippen LogP contribution in [0.1, 0.15) is 54.8 Å². The number of benzene rings is 4. The summed E-state index contributed by atoms with van der Waals surface area (Å²) in [6, 6.07) is 24.6. The number of hydrazine groups is 1. The molecule has 6 nitrogen and oxygen atoms in total. The molecule has 1 aliphatic heterocycles. The predicted molar refractivity (Wildman–Crippen MR) is 154 cm³/mol. The van der Waals surface area contributed by atoms with Crippen LogP contribution in [0, 0.1) is 17.7 Å². The van der Waals surface area contributed by atoms with Crippen molar-refractivity contribution in [2.75, 3.05) is 6.54 Å². The smallest absolute Gasteiger partial charge is 0.273 e. The fourth-order valence-corrected chi connectivity index (χ4v) is 7.07. The monoisotopic (exact) mass is 598 g/mol. The molecule has 42 heavy (non-hydrogen) atoms. The summed E-state index contributed by atoms with van der Waals surface area (Å²) >= 11 is 12.3. The zero-order valence-corrected chi connectivity index (χ0v) is 23.3. The van der Waals surface area contributed by atoms with Crippen LogP contribution < -0.4 is 0 Å². The fourth-order valence-electron chi connectivity index (χ4n) is 6.77. The highest BCUT2D eigenvalue weighted by Gasteiger charge is 2.63. The number of carbonyl (C=O) groups excluding carboxylic acids is 4. The zero-order valence-electron chi connectivity index (χ0n) is 21.8. The molecule has 9 heteroatoms. The number of hydrogen-bond acceptors (Lipinski definition) is 4. The Kier molecular flexibility index (Phi) is 6.26. The Labute approximate surface area is 250 Å². The second-order valence-corrected chi connectivity index (χ2v) is 11.5. The average molecular weight is 599 g/mol. The lowest BCUT2D eigenvalue weighted by Gasteiger charge is -2.45. The molecule has 4 aromatic rings. The van der Waals surface area contributed by atoms with E-state index < -0.39 is 47.7 Å². The first-order valence-corrected chi connectivity index (χ1v) is 14.1. The van der Waals surface area contributed by atoms with E-state index in [0.29, 0.717) is 0 Å². The van der Waals surface area contributed by atoms with E-state index in [-0.39, 0.29) is 33.0 Å². The summed E-state index contributed by atoms with van der Waals surface area (Å²) in [5, 5.41) is 2.06. The third-order valence-corrected chi connectivity index (χ3v) is 9.27. The van der Waals surface area contributed by atoms with Gasteiger partial charge in [0.1, 0.15) is 12.4 Å². The van der Waals surface area contributed by atoms with E-state index in [1.54, 1.807) is 0 Å². The minimum absolute atomic E-state index is 0.0429. The summed E-state index contributed by atoms with van der Waals surface area (Å²) in [5.74, 6) is -5.26. The van der Waals surface area contributed by atoms with Gasteiger partial charge < -0.3 is 0 Å². The van der Waals surface area contributed by atoms with Crippen LogP contribution in [0.25, 0.3) is 0 Å². The van der Waals surface area contributed by atoms with Crippen LogP contribution in [0.15, 0.2) is 91.0 Å². The number of hydrogen-bond donors (Lipinski definition) is 0. The van der Waals surface area contributed by atoms with E-state index >= 15 is 0 Å². The number of Topliss-reactive ketones (excluding diaryl/α,β-unsaturated/α-hetero) is 1. The van der Waals surface area contributed by atoms with Crippen molar-refractivity contribution < 1.29 is 23.6 Å². The van der Waals surface area contributed by atoms with Gasteiger partial charge in [0, 0.05) is 23.0 Å². The Hall–Kier alpha value is -4.33. The predicted octanol–water partition coefficient (Wildman–Crippen LogP) is 6.26. The molecule has 4 aromatic carbocycles. The van der Waals surface area contributed by atoms with Crippen molar-refractivity contribution in [1.29, 1.82) is 0 Å². The zero-order chi connectivity index (χ0) is 29.3. The van der Waals surface area contributed by atoms with Gasteiger partial charge in [-0.15, -0.1) is 0 Å². The van der Waals surface area contributed by atoms with Gasteiger partial charge in [-0.3, -0.25) is 19.2 Å². The lowest BCUT2D eigenvalue weighted by molar-refractivity contribution is -0.154. The van der Waals surface area contributed by atoms with Gasteiger partial charge in [-0.2, -0.15) is 5.01 Å². The highest BCUT2D eigenvalue weighted by molar-refractivity contribution is 6.42. The fraction of sp³-hybridized carbons (Fsp3) is 0.152. The number of nitrogens with zero attached hydrogens (tertiary/aromatic N) is 2. The van der Waals surface area contributed by atoms with E-state index in [4.69, 9.17) is 23.2 Å². The molecule has 0 N–H and O–H groups in total. The van der Waals surface area contributed by atoms with Crippen molar-refractivity contribution in [2.24, 2.45) is 11.8 Å². The van der Waals surface area contributed by atoms with Crippen molar-refractivity contribution >= 4 is 46.7 Å². The Balaban J connectivity index is 1.33. The normalized spacial score (nSPS) is 21.5. The van der Waals surface area contributed by atoms with E-state index in [0.717, 1.165) is 44.4 Å². The van der Waals surface area contributed by atoms with Crippen LogP contribution in [0.2, 0.25) is 10.0 Å². The maximum Gasteiger partial charge on any atom is 0.273 e. The van der Waals surface area contributed by atoms with Gasteiger partial charge in [-0.05, 0) is 64.7 Å². The van der Waals surface area contributed by atoms with Gasteiger partial charge >= 0.3 is 0 Å². The highest BCUT2D eigenvalue weighted by atomic mass is 35.5. The van der Waals surface area contributed by atoms with Crippen LogP contribution in [0.5, 0.6) is 0 Å². The summed E-state index contributed by atoms with van der Waals surface area (Å²) < 4.78 is 13.6. The molecule has 4 aliphatic rings. The van der Waals surface area contributed by atoms with Gasteiger partial charge in [0.05, 0.1) is 21.9 Å². The van der Waals surface area contributed by atoms with Crippen molar-refractivity contribution in [3.63, 3.8) is 0 Å². The number of ketones is 1. The quantitative estimate of drug-likeness (QED) is 0.200. The summed E-state index contributed by atoms with van der Waals surface area (Å²) in [6.07, 6.45) is 0. The van der Waals surface area contributed by atoms with Gasteiger partial charge in [0.25, 0.3) is 17.7 Å². The van der Waals surface area contributed by atoms with Gasteiger partial charge in [0.2, 0.25) is 0 Å². The van der Waals surface area contributed by atoms with Crippen LogP contribution in [-0.4, -0.2) is 40.1 Å². The van der Waals surface area contributed by atoms with Crippen molar-refractivity contribution in [2.45, 2.75) is 11.8 Å². The van der Waals surface area contributed by atoms with Gasteiger partial charge in [0.15, 0.2) is 5.78 Å². The minimum atomic E-state index is -0.772. The summed E-state index contributed by atoms with van der Waals surface area (Å²) in [5.41, 5.74) is 4.09. The second kappa shape index (κ2) is 9.89.